The number of hydrogen-bond donors (Lipinski definition) is 1. The molecule has 1 atom stereocenters. The van der Waals surface area contributed by atoms with Gasteiger partial charge in [-0.25, -0.2) is 0 Å². The normalized spacial score (nSPS) is 16.8. The van der Waals surface area contributed by atoms with Crippen molar-refractivity contribution < 1.29 is 9.90 Å². The van der Waals surface area contributed by atoms with Crippen LogP contribution < -0.4 is 0 Å². The number of aryl methyl sites for hydroxylation is 2. The predicted molar refractivity (Wildman–Crippen MR) is 166 cm³/mol. The van der Waals surface area contributed by atoms with E-state index >= 15 is 0 Å². The molecular weight excluding hydrogens is 551 g/mol. The van der Waals surface area contributed by atoms with Gasteiger partial charge in [0, 0.05) is 34.7 Å². The van der Waals surface area contributed by atoms with Gasteiger partial charge in [-0.05, 0) is 84.2 Å². The van der Waals surface area contributed by atoms with Gasteiger partial charge in [0.15, 0.2) is 0 Å². The van der Waals surface area contributed by atoms with Gasteiger partial charge in [-0.1, -0.05) is 89.9 Å². The molecule has 1 aliphatic carbocycles. The van der Waals surface area contributed by atoms with Crippen LogP contribution in [0.3, 0.4) is 0 Å². The highest BCUT2D eigenvalue weighted by molar-refractivity contribution is 6.36. The molecule has 0 saturated carbocycles. The Bertz CT molecular complexity index is 1550. The van der Waals surface area contributed by atoms with Crippen molar-refractivity contribution in [2.75, 3.05) is 13.1 Å². The summed E-state index contributed by atoms with van der Waals surface area (Å²) in [6, 6.07) is 26.3. The summed E-state index contributed by atoms with van der Waals surface area (Å²) in [5, 5.41) is 11.6. The molecule has 41 heavy (non-hydrogen) atoms. The molecule has 0 saturated heterocycles. The van der Waals surface area contributed by atoms with Gasteiger partial charge in [0.2, 0.25) is 5.91 Å². The lowest BCUT2D eigenvalue weighted by Crippen LogP contribution is -2.48. The Balaban J connectivity index is 1.35. The first kappa shape index (κ1) is 27.8. The summed E-state index contributed by atoms with van der Waals surface area (Å²) >= 11 is 13.5. The maximum Gasteiger partial charge on any atom is 0.237 e. The molecule has 0 radical (unpaired) electrons. The first-order chi connectivity index (χ1) is 19.8. The van der Waals surface area contributed by atoms with Gasteiger partial charge in [-0.3, -0.25) is 9.69 Å². The molecule has 0 aromatic heterocycles. The van der Waals surface area contributed by atoms with Crippen molar-refractivity contribution in [3.63, 3.8) is 0 Å². The second-order valence-corrected chi connectivity index (χ2v) is 12.2. The fourth-order valence-electron chi connectivity index (χ4n) is 6.67. The van der Waals surface area contributed by atoms with E-state index in [4.69, 9.17) is 23.2 Å². The fourth-order valence-corrected chi connectivity index (χ4v) is 7.28. The van der Waals surface area contributed by atoms with E-state index in [9.17, 15) is 9.90 Å². The number of carbonyl (C=O) groups is 1. The Hall–Kier alpha value is -3.31. The standard InChI is InChI=1S/C35H34Cl2N2O2/c1-22-16-24(17-23(2)35(22)41)20-39(28-18-26-9-3-4-10-27(26)19-28)32(40)21-38-15-14-25-8-5-6-11-29(25)34(38)33-30(36)12-7-13-31(33)37/h3-13,16-17,28,34,41H,14-15,18-21H2,1-2H3/t34-/m1/s1. The first-order valence-corrected chi connectivity index (χ1v) is 15.0. The molecule has 4 aromatic rings. The third kappa shape index (κ3) is 5.49. The number of rotatable bonds is 6. The van der Waals surface area contributed by atoms with Crippen LogP contribution in [0.5, 0.6) is 5.75 Å². The molecule has 6 rings (SSSR count). The van der Waals surface area contributed by atoms with Crippen molar-refractivity contribution in [2.45, 2.75) is 51.7 Å². The number of fused-ring (bicyclic) bond motifs is 2. The monoisotopic (exact) mass is 584 g/mol. The van der Waals surface area contributed by atoms with Crippen molar-refractivity contribution in [3.8, 4) is 5.75 Å². The average molecular weight is 586 g/mol. The van der Waals surface area contributed by atoms with Gasteiger partial charge in [0.25, 0.3) is 0 Å². The van der Waals surface area contributed by atoms with E-state index in [-0.39, 0.29) is 24.5 Å². The third-order valence-electron chi connectivity index (χ3n) is 8.69. The van der Waals surface area contributed by atoms with Crippen molar-refractivity contribution >= 4 is 29.1 Å². The number of aromatic hydroxyl groups is 1. The molecule has 0 spiro atoms. The molecular formula is C35H34Cl2N2O2. The summed E-state index contributed by atoms with van der Waals surface area (Å²) in [4.78, 5) is 18.7. The van der Waals surface area contributed by atoms with Crippen LogP contribution in [-0.4, -0.2) is 39.9 Å². The zero-order valence-corrected chi connectivity index (χ0v) is 24.9. The van der Waals surface area contributed by atoms with Crippen LogP contribution in [0.25, 0.3) is 0 Å². The summed E-state index contributed by atoms with van der Waals surface area (Å²) < 4.78 is 0. The van der Waals surface area contributed by atoms with E-state index in [0.717, 1.165) is 53.6 Å². The molecule has 4 nitrogen and oxygen atoms in total. The Labute approximate surface area is 252 Å². The van der Waals surface area contributed by atoms with Crippen LogP contribution in [0, 0.1) is 13.8 Å². The number of halogens is 2. The number of amides is 1. The lowest BCUT2D eigenvalue weighted by Gasteiger charge is -2.40. The fraction of sp³-hybridized carbons (Fsp3) is 0.286. The van der Waals surface area contributed by atoms with Gasteiger partial charge in [-0.2, -0.15) is 0 Å². The molecule has 0 bridgehead atoms. The highest BCUT2D eigenvalue weighted by Crippen LogP contribution is 2.41. The van der Waals surface area contributed by atoms with Gasteiger partial charge in [0.1, 0.15) is 5.75 Å². The SMILES string of the molecule is Cc1cc(CN(C(=O)CN2CCc3ccccc3[C@@H]2c2c(Cl)cccc2Cl)C2Cc3ccccc3C2)cc(C)c1O. The quantitative estimate of drug-likeness (QED) is 0.256. The minimum Gasteiger partial charge on any atom is -0.507 e. The molecule has 210 valence electrons. The van der Waals surface area contributed by atoms with Crippen LogP contribution in [0.2, 0.25) is 10.0 Å². The molecule has 4 aromatic carbocycles. The van der Waals surface area contributed by atoms with Crippen LogP contribution in [0.15, 0.2) is 78.9 Å². The number of carbonyl (C=O) groups excluding carboxylic acids is 1. The van der Waals surface area contributed by atoms with Crippen molar-refractivity contribution in [2.24, 2.45) is 0 Å². The largest absolute Gasteiger partial charge is 0.507 e. The van der Waals surface area contributed by atoms with Crippen LogP contribution in [0.4, 0.5) is 0 Å². The summed E-state index contributed by atoms with van der Waals surface area (Å²) in [5.41, 5.74) is 8.53. The molecule has 1 N–H and O–H groups in total. The minimum atomic E-state index is -0.217. The highest BCUT2D eigenvalue weighted by atomic mass is 35.5. The topological polar surface area (TPSA) is 43.8 Å². The van der Waals surface area contributed by atoms with Crippen molar-refractivity contribution in [3.05, 3.63) is 133 Å². The van der Waals surface area contributed by atoms with Gasteiger partial charge < -0.3 is 10.0 Å². The van der Waals surface area contributed by atoms with Crippen LogP contribution >= 0.6 is 23.2 Å². The maximum atomic E-state index is 14.4. The van der Waals surface area contributed by atoms with Crippen LogP contribution in [0.1, 0.15) is 50.5 Å². The minimum absolute atomic E-state index is 0.0637. The summed E-state index contributed by atoms with van der Waals surface area (Å²) in [7, 11) is 0. The second-order valence-electron chi connectivity index (χ2n) is 11.4. The molecule has 0 unspecified atom stereocenters. The van der Waals surface area contributed by atoms with E-state index in [1.165, 1.54) is 16.7 Å². The zero-order valence-electron chi connectivity index (χ0n) is 23.4. The molecule has 2 aliphatic rings. The zero-order chi connectivity index (χ0) is 28.7. The summed E-state index contributed by atoms with van der Waals surface area (Å²) in [6.07, 6.45) is 2.52. The van der Waals surface area contributed by atoms with Gasteiger partial charge in [-0.15, -0.1) is 0 Å². The van der Waals surface area contributed by atoms with Gasteiger partial charge >= 0.3 is 0 Å². The lowest BCUT2D eigenvalue weighted by atomic mass is 9.88. The van der Waals surface area contributed by atoms with E-state index in [1.807, 2.05) is 50.2 Å². The van der Waals surface area contributed by atoms with E-state index < -0.39 is 0 Å². The van der Waals surface area contributed by atoms with Crippen molar-refractivity contribution in [1.82, 2.24) is 9.80 Å². The molecule has 1 aliphatic heterocycles. The van der Waals surface area contributed by atoms with E-state index in [2.05, 4.69) is 52.3 Å². The Morgan fingerprint density at radius 3 is 2.10 bits per heavy atom. The third-order valence-corrected chi connectivity index (χ3v) is 9.35. The number of phenols is 1. The van der Waals surface area contributed by atoms with Gasteiger partial charge in [0.05, 0.1) is 12.6 Å². The Kier molecular flexibility index (Phi) is 7.82. The van der Waals surface area contributed by atoms with Crippen LogP contribution in [-0.2, 0) is 30.6 Å². The predicted octanol–water partition coefficient (Wildman–Crippen LogP) is 7.46. The van der Waals surface area contributed by atoms with E-state index in [1.54, 1.807) is 0 Å². The first-order valence-electron chi connectivity index (χ1n) is 14.2. The Morgan fingerprint density at radius 1 is 0.878 bits per heavy atom. The Morgan fingerprint density at radius 2 is 1.46 bits per heavy atom. The smallest absolute Gasteiger partial charge is 0.237 e. The highest BCUT2D eigenvalue weighted by Gasteiger charge is 2.36. The molecule has 6 heteroatoms. The second kappa shape index (κ2) is 11.5. The van der Waals surface area contributed by atoms with E-state index in [0.29, 0.717) is 22.3 Å². The van der Waals surface area contributed by atoms with Crippen molar-refractivity contribution in [1.29, 1.82) is 0 Å². The lowest BCUT2D eigenvalue weighted by molar-refractivity contribution is -0.135. The number of nitrogens with zero attached hydrogens (tertiary/aromatic N) is 2. The number of benzene rings is 4. The molecule has 0 fully saturated rings. The average Bonchev–Trinajstić information content (AvgIpc) is 3.39. The molecule has 1 heterocycles. The maximum absolute atomic E-state index is 14.4. The molecule has 1 amide bonds. The summed E-state index contributed by atoms with van der Waals surface area (Å²) in [6.45, 7) is 5.29. The summed E-state index contributed by atoms with van der Waals surface area (Å²) in [5.74, 6) is 0.394. The number of phenolic OH excluding ortho intramolecular Hbond substituents is 1. The number of hydrogen-bond acceptors (Lipinski definition) is 3.